The molecule has 2 N–H and O–H groups in total. The summed E-state index contributed by atoms with van der Waals surface area (Å²) >= 11 is 0. The Kier molecular flexibility index (Phi) is 3.60. The van der Waals surface area contributed by atoms with Crippen molar-refractivity contribution in [3.8, 4) is 0 Å². The number of carboxylic acids is 1. The van der Waals surface area contributed by atoms with Gasteiger partial charge in [-0.3, -0.25) is 9.59 Å². The first-order valence-corrected chi connectivity index (χ1v) is 6.58. The van der Waals surface area contributed by atoms with Gasteiger partial charge in [0, 0.05) is 5.69 Å². The first kappa shape index (κ1) is 13.6. The van der Waals surface area contributed by atoms with Gasteiger partial charge in [0.1, 0.15) is 5.41 Å². The molecule has 1 aliphatic carbocycles. The number of carbonyl (C=O) groups is 2. The highest BCUT2D eigenvalue weighted by Gasteiger charge is 2.36. The third-order valence-corrected chi connectivity index (χ3v) is 3.71. The Hall–Kier alpha value is -1.84. The molecular formula is C15H19NO3. The van der Waals surface area contributed by atoms with Crippen molar-refractivity contribution in [3.05, 3.63) is 29.3 Å². The lowest BCUT2D eigenvalue weighted by Crippen LogP contribution is -2.37. The molecule has 1 aliphatic rings. The zero-order chi connectivity index (χ0) is 14.0. The zero-order valence-electron chi connectivity index (χ0n) is 11.3. The van der Waals surface area contributed by atoms with E-state index >= 15 is 0 Å². The number of benzene rings is 1. The van der Waals surface area contributed by atoms with Crippen LogP contribution in [0.3, 0.4) is 0 Å². The molecule has 0 radical (unpaired) electrons. The number of hydrogen-bond acceptors (Lipinski definition) is 2. The van der Waals surface area contributed by atoms with Gasteiger partial charge in [0.25, 0.3) is 0 Å². The second-order valence-corrected chi connectivity index (χ2v) is 5.57. The van der Waals surface area contributed by atoms with Crippen LogP contribution < -0.4 is 5.32 Å². The molecule has 4 heteroatoms. The molecule has 0 aliphatic heterocycles. The number of anilines is 1. The Labute approximate surface area is 112 Å². The molecule has 1 aromatic carbocycles. The van der Waals surface area contributed by atoms with Gasteiger partial charge < -0.3 is 10.4 Å². The number of carbonyl (C=O) groups excluding carboxylic acids is 1. The highest BCUT2D eigenvalue weighted by molar-refractivity contribution is 6.07. The van der Waals surface area contributed by atoms with Crippen molar-refractivity contribution in [2.24, 2.45) is 5.41 Å². The van der Waals surface area contributed by atoms with Crippen LogP contribution >= 0.6 is 0 Å². The van der Waals surface area contributed by atoms with Gasteiger partial charge in [-0.25, -0.2) is 0 Å². The van der Waals surface area contributed by atoms with Gasteiger partial charge in [-0.2, -0.15) is 0 Å². The third kappa shape index (κ3) is 2.78. The van der Waals surface area contributed by atoms with Crippen LogP contribution in [0, 0.1) is 5.41 Å². The van der Waals surface area contributed by atoms with Crippen molar-refractivity contribution in [1.29, 1.82) is 0 Å². The molecule has 0 fully saturated rings. The second-order valence-electron chi connectivity index (χ2n) is 5.57. The van der Waals surface area contributed by atoms with E-state index in [4.69, 9.17) is 5.11 Å². The molecule has 1 aromatic rings. The van der Waals surface area contributed by atoms with Gasteiger partial charge in [-0.15, -0.1) is 0 Å². The number of carboxylic acid groups (broad SMARTS) is 1. The minimum absolute atomic E-state index is 0.490. The topological polar surface area (TPSA) is 66.4 Å². The summed E-state index contributed by atoms with van der Waals surface area (Å²) in [5, 5.41) is 11.7. The van der Waals surface area contributed by atoms with Crippen LogP contribution in [-0.2, 0) is 22.4 Å². The molecule has 102 valence electrons. The predicted molar refractivity (Wildman–Crippen MR) is 73.1 cm³/mol. The van der Waals surface area contributed by atoms with E-state index in [0.29, 0.717) is 5.69 Å². The number of rotatable bonds is 3. The molecule has 1 amide bonds. The number of aliphatic carboxylic acids is 1. The van der Waals surface area contributed by atoms with E-state index in [1.807, 2.05) is 18.2 Å². The predicted octanol–water partition coefficient (Wildman–Crippen LogP) is 2.61. The molecular weight excluding hydrogens is 242 g/mol. The van der Waals surface area contributed by atoms with Crippen molar-refractivity contribution < 1.29 is 14.7 Å². The van der Waals surface area contributed by atoms with Gasteiger partial charge in [-0.1, -0.05) is 6.07 Å². The van der Waals surface area contributed by atoms with Crippen molar-refractivity contribution in [3.63, 3.8) is 0 Å². The Morgan fingerprint density at radius 1 is 1.16 bits per heavy atom. The molecule has 0 spiro atoms. The van der Waals surface area contributed by atoms with Crippen LogP contribution in [0.5, 0.6) is 0 Å². The van der Waals surface area contributed by atoms with E-state index in [1.54, 1.807) is 0 Å². The number of amides is 1. The SMILES string of the molecule is CC(C)(C(=O)O)C(=O)Nc1ccc2c(c1)CCCC2. The minimum Gasteiger partial charge on any atom is -0.480 e. The number of nitrogens with one attached hydrogen (secondary N) is 1. The highest BCUT2D eigenvalue weighted by atomic mass is 16.4. The van der Waals surface area contributed by atoms with Crippen LogP contribution in [0.15, 0.2) is 18.2 Å². The van der Waals surface area contributed by atoms with E-state index in [9.17, 15) is 9.59 Å². The molecule has 4 nitrogen and oxygen atoms in total. The highest BCUT2D eigenvalue weighted by Crippen LogP contribution is 2.25. The second kappa shape index (κ2) is 5.03. The molecule has 0 unspecified atom stereocenters. The lowest BCUT2D eigenvalue weighted by molar-refractivity contribution is -0.151. The first-order chi connectivity index (χ1) is 8.91. The van der Waals surface area contributed by atoms with Crippen molar-refractivity contribution in [2.45, 2.75) is 39.5 Å². The Balaban J connectivity index is 2.16. The van der Waals surface area contributed by atoms with E-state index in [1.165, 1.54) is 37.8 Å². The van der Waals surface area contributed by atoms with E-state index in [-0.39, 0.29) is 0 Å². The normalized spacial score (nSPS) is 14.6. The van der Waals surface area contributed by atoms with Crippen molar-refractivity contribution in [1.82, 2.24) is 0 Å². The molecule has 0 atom stereocenters. The Bertz CT molecular complexity index is 520. The summed E-state index contributed by atoms with van der Waals surface area (Å²) in [6.07, 6.45) is 4.50. The molecule has 0 saturated carbocycles. The maximum atomic E-state index is 12.0. The fourth-order valence-corrected chi connectivity index (χ4v) is 2.20. The summed E-state index contributed by atoms with van der Waals surface area (Å²) in [4.78, 5) is 23.0. The van der Waals surface area contributed by atoms with Crippen LogP contribution in [-0.4, -0.2) is 17.0 Å². The summed E-state index contributed by atoms with van der Waals surface area (Å²) < 4.78 is 0. The summed E-state index contributed by atoms with van der Waals surface area (Å²) in [7, 11) is 0. The third-order valence-electron chi connectivity index (χ3n) is 3.71. The van der Waals surface area contributed by atoms with Crippen LogP contribution in [0.4, 0.5) is 5.69 Å². The summed E-state index contributed by atoms with van der Waals surface area (Å²) in [5.74, 6) is -1.61. The molecule has 0 bridgehead atoms. The molecule has 0 saturated heterocycles. The van der Waals surface area contributed by atoms with E-state index < -0.39 is 17.3 Å². The van der Waals surface area contributed by atoms with Crippen LogP contribution in [0.25, 0.3) is 0 Å². The average Bonchev–Trinajstić information content (AvgIpc) is 2.38. The van der Waals surface area contributed by atoms with Gasteiger partial charge >= 0.3 is 5.97 Å². The van der Waals surface area contributed by atoms with Gasteiger partial charge in [0.15, 0.2) is 0 Å². The summed E-state index contributed by atoms with van der Waals surface area (Å²) in [6, 6.07) is 5.84. The number of hydrogen-bond donors (Lipinski definition) is 2. The lowest BCUT2D eigenvalue weighted by Gasteiger charge is -2.20. The number of aryl methyl sites for hydroxylation is 2. The van der Waals surface area contributed by atoms with Crippen molar-refractivity contribution in [2.75, 3.05) is 5.32 Å². The quantitative estimate of drug-likeness (QED) is 0.822. The van der Waals surface area contributed by atoms with Crippen LogP contribution in [0.1, 0.15) is 37.8 Å². The lowest BCUT2D eigenvalue weighted by atomic mass is 9.90. The fourth-order valence-electron chi connectivity index (χ4n) is 2.20. The van der Waals surface area contributed by atoms with Gasteiger partial charge in [-0.05, 0) is 62.8 Å². The largest absolute Gasteiger partial charge is 0.480 e. The molecule has 0 aromatic heterocycles. The Morgan fingerprint density at radius 2 is 1.79 bits per heavy atom. The fraction of sp³-hybridized carbons (Fsp3) is 0.467. The van der Waals surface area contributed by atoms with Gasteiger partial charge in [0.05, 0.1) is 0 Å². The van der Waals surface area contributed by atoms with E-state index in [0.717, 1.165) is 12.8 Å². The average molecular weight is 261 g/mol. The first-order valence-electron chi connectivity index (χ1n) is 6.58. The smallest absolute Gasteiger partial charge is 0.318 e. The summed E-state index contributed by atoms with van der Waals surface area (Å²) in [6.45, 7) is 2.81. The van der Waals surface area contributed by atoms with E-state index in [2.05, 4.69) is 5.32 Å². The molecule has 2 rings (SSSR count). The minimum atomic E-state index is -1.42. The van der Waals surface area contributed by atoms with Crippen LogP contribution in [0.2, 0.25) is 0 Å². The maximum absolute atomic E-state index is 12.0. The van der Waals surface area contributed by atoms with Crippen molar-refractivity contribution >= 4 is 17.6 Å². The molecule has 19 heavy (non-hydrogen) atoms. The number of fused-ring (bicyclic) bond motifs is 1. The monoisotopic (exact) mass is 261 g/mol. The van der Waals surface area contributed by atoms with Gasteiger partial charge in [0.2, 0.25) is 5.91 Å². The zero-order valence-corrected chi connectivity index (χ0v) is 11.3. The Morgan fingerprint density at radius 3 is 2.42 bits per heavy atom. The standard InChI is InChI=1S/C15H19NO3/c1-15(2,14(18)19)13(17)16-12-8-7-10-5-3-4-6-11(10)9-12/h7-9H,3-6H2,1-2H3,(H,16,17)(H,18,19). The summed E-state index contributed by atoms with van der Waals surface area (Å²) in [5.41, 5.74) is 1.86. The molecule has 0 heterocycles. The maximum Gasteiger partial charge on any atom is 0.318 e.